The van der Waals surface area contributed by atoms with Crippen molar-refractivity contribution in [2.45, 2.75) is 32.2 Å². The fraction of sp³-hybridized carbons (Fsp3) is 1.00. The van der Waals surface area contributed by atoms with Crippen molar-refractivity contribution in [3.63, 3.8) is 0 Å². The number of thioether (sulfide) groups is 1. The highest BCUT2D eigenvalue weighted by Gasteiger charge is 2.22. The van der Waals surface area contributed by atoms with Crippen LogP contribution in [0, 0.1) is 5.92 Å². The Morgan fingerprint density at radius 1 is 1.27 bits per heavy atom. The van der Waals surface area contributed by atoms with Crippen molar-refractivity contribution in [3.05, 3.63) is 0 Å². The molecule has 0 radical (unpaired) electrons. The molecule has 88 valence electrons. The smallest absolute Gasteiger partial charge is 0.00828 e. The fourth-order valence-electron chi connectivity index (χ4n) is 2.60. The van der Waals surface area contributed by atoms with Gasteiger partial charge < -0.3 is 10.2 Å². The van der Waals surface area contributed by atoms with Crippen LogP contribution in [0.3, 0.4) is 0 Å². The topological polar surface area (TPSA) is 15.3 Å². The Bertz CT molecular complexity index is 180. The third-order valence-electron chi connectivity index (χ3n) is 3.73. The second-order valence-corrected chi connectivity index (χ2v) is 6.07. The van der Waals surface area contributed by atoms with Gasteiger partial charge in [-0.15, -0.1) is 0 Å². The molecule has 0 saturated carbocycles. The molecule has 2 nitrogen and oxygen atoms in total. The van der Waals surface area contributed by atoms with Gasteiger partial charge in [-0.3, -0.25) is 0 Å². The molecule has 15 heavy (non-hydrogen) atoms. The van der Waals surface area contributed by atoms with Crippen molar-refractivity contribution in [1.29, 1.82) is 0 Å². The van der Waals surface area contributed by atoms with E-state index in [9.17, 15) is 0 Å². The van der Waals surface area contributed by atoms with E-state index in [1.807, 2.05) is 0 Å². The summed E-state index contributed by atoms with van der Waals surface area (Å²) in [5, 5.41) is 3.77. The van der Waals surface area contributed by atoms with Crippen LogP contribution in [0.1, 0.15) is 26.2 Å². The van der Waals surface area contributed by atoms with E-state index < -0.39 is 0 Å². The van der Waals surface area contributed by atoms with Gasteiger partial charge in [0.2, 0.25) is 0 Å². The Hall–Kier alpha value is 0.270. The lowest BCUT2D eigenvalue weighted by Crippen LogP contribution is -2.36. The molecule has 1 unspecified atom stereocenters. The lowest BCUT2D eigenvalue weighted by atomic mass is 10.1. The number of nitrogens with one attached hydrogen (secondary N) is 1. The first-order chi connectivity index (χ1) is 7.38. The Morgan fingerprint density at radius 3 is 2.73 bits per heavy atom. The molecule has 0 aromatic carbocycles. The highest BCUT2D eigenvalue weighted by Crippen LogP contribution is 2.19. The normalized spacial score (nSPS) is 29.8. The van der Waals surface area contributed by atoms with Crippen molar-refractivity contribution >= 4 is 11.8 Å². The third kappa shape index (κ3) is 3.65. The minimum Gasteiger partial charge on any atom is -0.314 e. The number of hydrogen-bond donors (Lipinski definition) is 1. The van der Waals surface area contributed by atoms with Gasteiger partial charge in [0.05, 0.1) is 0 Å². The van der Waals surface area contributed by atoms with Gasteiger partial charge in [0, 0.05) is 12.6 Å². The van der Waals surface area contributed by atoms with Crippen molar-refractivity contribution in [3.8, 4) is 0 Å². The summed E-state index contributed by atoms with van der Waals surface area (Å²) < 4.78 is 0. The van der Waals surface area contributed by atoms with Crippen LogP contribution in [0.2, 0.25) is 0 Å². The molecule has 0 aromatic heterocycles. The van der Waals surface area contributed by atoms with Crippen LogP contribution in [0.4, 0.5) is 0 Å². The number of hydrogen-bond acceptors (Lipinski definition) is 3. The molecule has 0 spiro atoms. The molecule has 0 bridgehead atoms. The van der Waals surface area contributed by atoms with Gasteiger partial charge in [-0.1, -0.05) is 6.92 Å². The van der Waals surface area contributed by atoms with Gasteiger partial charge in [-0.05, 0) is 56.3 Å². The molecule has 0 amide bonds. The van der Waals surface area contributed by atoms with Crippen molar-refractivity contribution in [2.75, 3.05) is 37.7 Å². The molecular weight excluding hydrogens is 204 g/mol. The van der Waals surface area contributed by atoms with E-state index in [0.29, 0.717) is 0 Å². The summed E-state index contributed by atoms with van der Waals surface area (Å²) in [6.07, 6.45) is 4.17. The van der Waals surface area contributed by atoms with Gasteiger partial charge in [-0.25, -0.2) is 0 Å². The van der Waals surface area contributed by atoms with Crippen LogP contribution in [-0.2, 0) is 0 Å². The summed E-state index contributed by atoms with van der Waals surface area (Å²) in [4.78, 5) is 2.57. The predicted molar refractivity (Wildman–Crippen MR) is 68.6 cm³/mol. The summed E-state index contributed by atoms with van der Waals surface area (Å²) in [5.74, 6) is 3.65. The molecule has 2 fully saturated rings. The lowest BCUT2D eigenvalue weighted by Gasteiger charge is -2.24. The first kappa shape index (κ1) is 11.7. The maximum atomic E-state index is 3.77. The van der Waals surface area contributed by atoms with E-state index in [-0.39, 0.29) is 0 Å². The monoisotopic (exact) mass is 228 g/mol. The minimum absolute atomic E-state index is 0.821. The van der Waals surface area contributed by atoms with E-state index in [1.165, 1.54) is 56.9 Å². The molecular formula is C12H24N2S. The van der Waals surface area contributed by atoms with Crippen LogP contribution in [-0.4, -0.2) is 48.6 Å². The van der Waals surface area contributed by atoms with Crippen LogP contribution in [0.25, 0.3) is 0 Å². The Morgan fingerprint density at radius 2 is 2.07 bits per heavy atom. The molecule has 3 heteroatoms. The zero-order valence-electron chi connectivity index (χ0n) is 9.87. The maximum absolute atomic E-state index is 3.77. The van der Waals surface area contributed by atoms with E-state index in [0.717, 1.165) is 12.0 Å². The second-order valence-electron chi connectivity index (χ2n) is 4.84. The average molecular weight is 228 g/mol. The maximum Gasteiger partial charge on any atom is 0.00828 e. The first-order valence-electron chi connectivity index (χ1n) is 6.42. The number of nitrogens with zero attached hydrogens (tertiary/aromatic N) is 1. The van der Waals surface area contributed by atoms with E-state index in [2.05, 4.69) is 28.9 Å². The molecule has 2 heterocycles. The molecule has 0 aromatic rings. The van der Waals surface area contributed by atoms with E-state index in [4.69, 9.17) is 0 Å². The van der Waals surface area contributed by atoms with Crippen molar-refractivity contribution in [2.24, 2.45) is 5.92 Å². The minimum atomic E-state index is 0.821. The predicted octanol–water partition coefficient (Wildman–Crippen LogP) is 1.81. The number of likely N-dealkylation sites (tertiary alicyclic amines) is 1. The Balaban J connectivity index is 1.61. The quantitative estimate of drug-likeness (QED) is 0.790. The molecule has 2 aliphatic rings. The highest BCUT2D eigenvalue weighted by molar-refractivity contribution is 7.99. The Kier molecular flexibility index (Phi) is 4.79. The molecule has 0 aliphatic carbocycles. The molecule has 2 rings (SSSR count). The largest absolute Gasteiger partial charge is 0.314 e. The fourth-order valence-corrected chi connectivity index (χ4v) is 3.71. The van der Waals surface area contributed by atoms with Gasteiger partial charge in [0.1, 0.15) is 0 Å². The second kappa shape index (κ2) is 6.12. The van der Waals surface area contributed by atoms with Gasteiger partial charge in [0.25, 0.3) is 0 Å². The zero-order valence-corrected chi connectivity index (χ0v) is 10.7. The van der Waals surface area contributed by atoms with Gasteiger partial charge in [-0.2, -0.15) is 11.8 Å². The number of rotatable bonds is 4. The summed E-state index contributed by atoms with van der Waals surface area (Å²) in [6, 6.07) is 0.821. The molecule has 1 atom stereocenters. The standard InChI is InChI=1S/C12H24N2S/c1-2-14-6-3-11(10-14)9-13-12-4-7-15-8-5-12/h11-13H,2-10H2,1H3. The highest BCUT2D eigenvalue weighted by atomic mass is 32.2. The van der Waals surface area contributed by atoms with Crippen LogP contribution in [0.5, 0.6) is 0 Å². The molecule has 2 aliphatic heterocycles. The lowest BCUT2D eigenvalue weighted by molar-refractivity contribution is 0.333. The SMILES string of the molecule is CCN1CCC(CNC2CCSCC2)C1. The van der Waals surface area contributed by atoms with Crippen LogP contribution < -0.4 is 5.32 Å². The van der Waals surface area contributed by atoms with Gasteiger partial charge in [0.15, 0.2) is 0 Å². The molecule has 2 saturated heterocycles. The summed E-state index contributed by atoms with van der Waals surface area (Å²) in [5.41, 5.74) is 0. The third-order valence-corrected chi connectivity index (χ3v) is 4.78. The molecule has 1 N–H and O–H groups in total. The van der Waals surface area contributed by atoms with E-state index >= 15 is 0 Å². The van der Waals surface area contributed by atoms with Gasteiger partial charge >= 0.3 is 0 Å². The summed E-state index contributed by atoms with van der Waals surface area (Å²) in [7, 11) is 0. The first-order valence-corrected chi connectivity index (χ1v) is 7.57. The summed E-state index contributed by atoms with van der Waals surface area (Å²) >= 11 is 2.11. The van der Waals surface area contributed by atoms with Crippen LogP contribution >= 0.6 is 11.8 Å². The average Bonchev–Trinajstić information content (AvgIpc) is 2.76. The zero-order chi connectivity index (χ0) is 10.5. The van der Waals surface area contributed by atoms with Crippen molar-refractivity contribution < 1.29 is 0 Å². The van der Waals surface area contributed by atoms with Crippen LogP contribution in [0.15, 0.2) is 0 Å². The van der Waals surface area contributed by atoms with E-state index in [1.54, 1.807) is 0 Å². The Labute approximate surface area is 98.2 Å². The van der Waals surface area contributed by atoms with Crippen molar-refractivity contribution in [1.82, 2.24) is 10.2 Å². The summed E-state index contributed by atoms with van der Waals surface area (Å²) in [6.45, 7) is 7.41.